The first kappa shape index (κ1) is 20.1. The molecule has 1 aromatic heterocycles. The number of hydrogen-bond donors (Lipinski definition) is 1. The van der Waals surface area contributed by atoms with Gasteiger partial charge < -0.3 is 19.4 Å². The molecule has 1 amide bonds. The summed E-state index contributed by atoms with van der Waals surface area (Å²) in [6, 6.07) is 6.05. The molecule has 0 atom stereocenters. The predicted octanol–water partition coefficient (Wildman–Crippen LogP) is 3.39. The van der Waals surface area contributed by atoms with Gasteiger partial charge in [-0.05, 0) is 30.5 Å². The average Bonchev–Trinajstić information content (AvgIpc) is 3.33. The zero-order valence-corrected chi connectivity index (χ0v) is 18.1. The van der Waals surface area contributed by atoms with Crippen LogP contribution in [0.1, 0.15) is 56.8 Å². The number of nitrogens with zero attached hydrogens (tertiary/aromatic N) is 3. The van der Waals surface area contributed by atoms with E-state index in [1.54, 1.807) is 0 Å². The van der Waals surface area contributed by atoms with Gasteiger partial charge in [-0.1, -0.05) is 44.5 Å². The van der Waals surface area contributed by atoms with Crippen LogP contribution in [0.2, 0.25) is 0 Å². The van der Waals surface area contributed by atoms with Gasteiger partial charge in [0.25, 0.3) is 0 Å². The van der Waals surface area contributed by atoms with Crippen molar-refractivity contribution < 1.29 is 14.3 Å². The molecule has 0 bridgehead atoms. The number of rotatable bonds is 6. The van der Waals surface area contributed by atoms with Crippen LogP contribution in [0.25, 0.3) is 0 Å². The fourth-order valence-corrected chi connectivity index (χ4v) is 4.91. The quantitative estimate of drug-likeness (QED) is 0.728. The lowest BCUT2D eigenvalue weighted by Crippen LogP contribution is -2.44. The van der Waals surface area contributed by atoms with Gasteiger partial charge in [0.15, 0.2) is 16.7 Å². The average molecular weight is 417 g/mol. The molecule has 0 radical (unpaired) electrons. The summed E-state index contributed by atoms with van der Waals surface area (Å²) < 4.78 is 13.4. The minimum Gasteiger partial charge on any atom is -0.486 e. The van der Waals surface area contributed by atoms with E-state index in [0.717, 1.165) is 53.7 Å². The molecular weight excluding hydrogens is 388 g/mol. The van der Waals surface area contributed by atoms with Crippen LogP contribution in [0.15, 0.2) is 23.4 Å². The molecule has 29 heavy (non-hydrogen) atoms. The minimum atomic E-state index is -0.337. The largest absolute Gasteiger partial charge is 0.486 e. The smallest absolute Gasteiger partial charge is 0.231 e. The summed E-state index contributed by atoms with van der Waals surface area (Å²) in [5, 5.41) is 12.6. The predicted molar refractivity (Wildman–Crippen MR) is 112 cm³/mol. The molecule has 1 aliphatic heterocycles. The first-order valence-corrected chi connectivity index (χ1v) is 11.2. The number of nitrogens with one attached hydrogen (secondary N) is 1. The van der Waals surface area contributed by atoms with E-state index < -0.39 is 0 Å². The summed E-state index contributed by atoms with van der Waals surface area (Å²) in [7, 11) is 1.95. The zero-order chi connectivity index (χ0) is 20.4. The van der Waals surface area contributed by atoms with Crippen LogP contribution in [-0.2, 0) is 17.4 Å². The molecular formula is C21H28N4O3S. The highest BCUT2D eigenvalue weighted by Gasteiger charge is 2.37. The van der Waals surface area contributed by atoms with Gasteiger partial charge in [-0.15, -0.1) is 10.2 Å². The molecule has 0 unspecified atom stereocenters. The van der Waals surface area contributed by atoms with Crippen molar-refractivity contribution in [2.75, 3.05) is 19.0 Å². The maximum atomic E-state index is 12.8. The summed E-state index contributed by atoms with van der Waals surface area (Å²) >= 11 is 1.43. The molecule has 2 aliphatic rings. The van der Waals surface area contributed by atoms with Crippen molar-refractivity contribution in [3.8, 4) is 11.5 Å². The molecule has 2 aromatic rings. The highest BCUT2D eigenvalue weighted by Crippen LogP contribution is 2.42. The van der Waals surface area contributed by atoms with Gasteiger partial charge in [0, 0.05) is 13.0 Å². The van der Waals surface area contributed by atoms with Gasteiger partial charge in [0.2, 0.25) is 5.91 Å². The molecule has 1 fully saturated rings. The Hall–Kier alpha value is -2.22. The molecule has 8 heteroatoms. The fraction of sp³-hybridized carbons (Fsp3) is 0.571. The van der Waals surface area contributed by atoms with Crippen LogP contribution in [0.3, 0.4) is 0 Å². The summed E-state index contributed by atoms with van der Waals surface area (Å²) in [6.07, 6.45) is 4.07. The van der Waals surface area contributed by atoms with E-state index in [0.29, 0.717) is 24.9 Å². The Balaban J connectivity index is 1.46. The lowest BCUT2D eigenvalue weighted by atomic mass is 9.87. The SMILES string of the molecule is CC(C)c1nnc(SCC(=O)NC2(c3ccc4c(c3)OCCO4)CCCC2)n1C. The van der Waals surface area contributed by atoms with Crippen molar-refractivity contribution in [2.24, 2.45) is 7.05 Å². The van der Waals surface area contributed by atoms with E-state index in [1.165, 1.54) is 11.8 Å². The van der Waals surface area contributed by atoms with Crippen LogP contribution < -0.4 is 14.8 Å². The Morgan fingerprint density at radius 3 is 2.62 bits per heavy atom. The van der Waals surface area contributed by atoms with Gasteiger partial charge >= 0.3 is 0 Å². The van der Waals surface area contributed by atoms with Crippen molar-refractivity contribution >= 4 is 17.7 Å². The number of benzene rings is 1. The van der Waals surface area contributed by atoms with Gasteiger partial charge in [0.1, 0.15) is 19.0 Å². The topological polar surface area (TPSA) is 78.3 Å². The van der Waals surface area contributed by atoms with Crippen molar-refractivity contribution in [2.45, 2.75) is 56.1 Å². The molecule has 4 rings (SSSR count). The zero-order valence-electron chi connectivity index (χ0n) is 17.2. The second-order valence-electron chi connectivity index (χ2n) is 8.04. The molecule has 1 saturated carbocycles. The van der Waals surface area contributed by atoms with Gasteiger partial charge in [0.05, 0.1) is 11.3 Å². The van der Waals surface area contributed by atoms with E-state index >= 15 is 0 Å². The highest BCUT2D eigenvalue weighted by atomic mass is 32.2. The van der Waals surface area contributed by atoms with Gasteiger partial charge in [-0.2, -0.15) is 0 Å². The van der Waals surface area contributed by atoms with Crippen LogP contribution in [0.4, 0.5) is 0 Å². The molecule has 1 N–H and O–H groups in total. The number of amides is 1. The number of thioether (sulfide) groups is 1. The Labute approximate surface area is 175 Å². The van der Waals surface area contributed by atoms with E-state index in [1.807, 2.05) is 23.7 Å². The third kappa shape index (κ3) is 4.08. The van der Waals surface area contributed by atoms with Gasteiger partial charge in [-0.3, -0.25) is 4.79 Å². The van der Waals surface area contributed by atoms with Crippen molar-refractivity contribution in [1.82, 2.24) is 20.1 Å². The van der Waals surface area contributed by atoms with E-state index in [4.69, 9.17) is 9.47 Å². The molecule has 1 aromatic carbocycles. The Kier molecular flexibility index (Phi) is 5.72. The van der Waals surface area contributed by atoms with Crippen LogP contribution in [-0.4, -0.2) is 39.6 Å². The van der Waals surface area contributed by atoms with Crippen LogP contribution >= 0.6 is 11.8 Å². The summed E-state index contributed by atoms with van der Waals surface area (Å²) in [4.78, 5) is 12.8. The number of aromatic nitrogens is 3. The Bertz CT molecular complexity index is 890. The highest BCUT2D eigenvalue weighted by molar-refractivity contribution is 7.99. The normalized spacial score (nSPS) is 17.5. The lowest BCUT2D eigenvalue weighted by Gasteiger charge is -2.32. The molecule has 156 valence electrons. The van der Waals surface area contributed by atoms with Crippen molar-refractivity contribution in [3.63, 3.8) is 0 Å². The van der Waals surface area contributed by atoms with Crippen molar-refractivity contribution in [3.05, 3.63) is 29.6 Å². The number of carbonyl (C=O) groups is 1. The first-order chi connectivity index (χ1) is 14.0. The third-order valence-electron chi connectivity index (χ3n) is 5.65. The van der Waals surface area contributed by atoms with E-state index in [-0.39, 0.29) is 11.4 Å². The molecule has 1 aliphatic carbocycles. The second kappa shape index (κ2) is 8.26. The number of ether oxygens (including phenoxy) is 2. The van der Waals surface area contributed by atoms with Crippen molar-refractivity contribution in [1.29, 1.82) is 0 Å². The van der Waals surface area contributed by atoms with Crippen LogP contribution in [0.5, 0.6) is 11.5 Å². The van der Waals surface area contributed by atoms with Gasteiger partial charge in [-0.25, -0.2) is 0 Å². The molecule has 7 nitrogen and oxygen atoms in total. The van der Waals surface area contributed by atoms with Crippen LogP contribution in [0, 0.1) is 0 Å². The van der Waals surface area contributed by atoms with E-state index in [2.05, 4.69) is 35.4 Å². The number of fused-ring (bicyclic) bond motifs is 1. The molecule has 0 spiro atoms. The summed E-state index contributed by atoms with van der Waals surface area (Å²) in [5.41, 5.74) is 0.759. The Morgan fingerprint density at radius 1 is 1.21 bits per heavy atom. The number of carbonyl (C=O) groups excluding carboxylic acids is 1. The standard InChI is InChI=1S/C21H28N4O3S/c1-14(2)19-23-24-20(25(19)3)29-13-18(26)22-21(8-4-5-9-21)15-6-7-16-17(12-15)28-11-10-27-16/h6-7,12,14H,4-5,8-11,13H2,1-3H3,(H,22,26). The number of hydrogen-bond acceptors (Lipinski definition) is 6. The van der Waals surface area contributed by atoms with E-state index in [9.17, 15) is 4.79 Å². The molecule has 2 heterocycles. The Morgan fingerprint density at radius 2 is 1.93 bits per heavy atom. The third-order valence-corrected chi connectivity index (χ3v) is 6.67. The maximum Gasteiger partial charge on any atom is 0.231 e. The fourth-order valence-electron chi connectivity index (χ4n) is 4.19. The first-order valence-electron chi connectivity index (χ1n) is 10.2. The minimum absolute atomic E-state index is 0.0147. The second-order valence-corrected chi connectivity index (χ2v) is 8.98. The lowest BCUT2D eigenvalue weighted by molar-refractivity contribution is -0.120. The summed E-state index contributed by atoms with van der Waals surface area (Å²) in [5.74, 6) is 3.10. The summed E-state index contributed by atoms with van der Waals surface area (Å²) in [6.45, 7) is 5.30. The molecule has 0 saturated heterocycles. The maximum absolute atomic E-state index is 12.8. The monoisotopic (exact) mass is 416 g/mol.